The zero-order valence-electron chi connectivity index (χ0n) is 15.6. The van der Waals surface area contributed by atoms with Gasteiger partial charge in [0.25, 0.3) is 0 Å². The van der Waals surface area contributed by atoms with Crippen molar-refractivity contribution in [1.29, 1.82) is 0 Å². The molecule has 3 heterocycles. The second kappa shape index (κ2) is 8.37. The number of nitrogens with one attached hydrogen (secondary N) is 2. The van der Waals surface area contributed by atoms with Gasteiger partial charge >= 0.3 is 0 Å². The largest absolute Gasteiger partial charge is 0.467 e. The Balaban J connectivity index is 1.59. The highest BCUT2D eigenvalue weighted by molar-refractivity contribution is 5.81. The highest BCUT2D eigenvalue weighted by Gasteiger charge is 2.22. The molecule has 0 bridgehead atoms. The minimum Gasteiger partial charge on any atom is -0.467 e. The topological polar surface area (TPSA) is 84.6 Å². The zero-order chi connectivity index (χ0) is 18.5. The standard InChI is InChI=1S/C18H27N5O3/c1-13-16(18(22(3)21-13)23-6-9-25-10-7-23)12-19-14(2)17(24)20-11-15-5-4-8-26-15/h4-5,8,14,19H,6-7,9-12H2,1-3H3,(H,20,24). The maximum atomic E-state index is 12.3. The Morgan fingerprint density at radius 2 is 2.12 bits per heavy atom. The van der Waals surface area contributed by atoms with E-state index in [9.17, 15) is 4.79 Å². The zero-order valence-corrected chi connectivity index (χ0v) is 15.6. The third-order valence-electron chi connectivity index (χ3n) is 4.62. The van der Waals surface area contributed by atoms with Gasteiger partial charge in [-0.05, 0) is 26.0 Å². The van der Waals surface area contributed by atoms with Gasteiger partial charge in [-0.25, -0.2) is 0 Å². The Bertz CT molecular complexity index is 720. The van der Waals surface area contributed by atoms with E-state index in [1.165, 1.54) is 0 Å². The van der Waals surface area contributed by atoms with E-state index in [1.54, 1.807) is 6.26 Å². The second-order valence-electron chi connectivity index (χ2n) is 6.51. The first-order chi connectivity index (χ1) is 12.6. The van der Waals surface area contributed by atoms with Crippen LogP contribution in [0.5, 0.6) is 0 Å². The molecule has 0 radical (unpaired) electrons. The smallest absolute Gasteiger partial charge is 0.237 e. The highest BCUT2D eigenvalue weighted by Crippen LogP contribution is 2.24. The number of rotatable bonds is 7. The molecule has 1 aliphatic rings. The van der Waals surface area contributed by atoms with Gasteiger partial charge in [0.05, 0.1) is 37.8 Å². The molecule has 0 spiro atoms. The first-order valence-electron chi connectivity index (χ1n) is 8.95. The van der Waals surface area contributed by atoms with Crippen LogP contribution in [0.25, 0.3) is 0 Å². The van der Waals surface area contributed by atoms with E-state index in [2.05, 4.69) is 20.6 Å². The maximum absolute atomic E-state index is 12.3. The molecule has 2 aromatic rings. The average molecular weight is 361 g/mol. The molecule has 26 heavy (non-hydrogen) atoms. The van der Waals surface area contributed by atoms with Crippen molar-refractivity contribution >= 4 is 11.7 Å². The molecule has 1 saturated heterocycles. The Hall–Kier alpha value is -2.32. The summed E-state index contributed by atoms with van der Waals surface area (Å²) in [5, 5.41) is 10.7. The van der Waals surface area contributed by atoms with E-state index in [-0.39, 0.29) is 11.9 Å². The molecule has 0 aromatic carbocycles. The van der Waals surface area contributed by atoms with Crippen molar-refractivity contribution in [1.82, 2.24) is 20.4 Å². The number of nitrogens with zero attached hydrogens (tertiary/aromatic N) is 3. The van der Waals surface area contributed by atoms with E-state index in [1.807, 2.05) is 37.7 Å². The van der Waals surface area contributed by atoms with Crippen LogP contribution in [0.15, 0.2) is 22.8 Å². The number of carbonyl (C=O) groups is 1. The lowest BCUT2D eigenvalue weighted by Gasteiger charge is -2.29. The van der Waals surface area contributed by atoms with E-state index in [0.717, 1.165) is 49.1 Å². The number of carbonyl (C=O) groups excluding carboxylic acids is 1. The van der Waals surface area contributed by atoms with Crippen molar-refractivity contribution in [3.8, 4) is 0 Å². The first-order valence-corrected chi connectivity index (χ1v) is 8.95. The van der Waals surface area contributed by atoms with Crippen molar-refractivity contribution in [3.05, 3.63) is 35.4 Å². The Kier molecular flexibility index (Phi) is 5.95. The molecule has 142 valence electrons. The molecule has 8 heteroatoms. The van der Waals surface area contributed by atoms with Crippen molar-refractivity contribution in [2.75, 3.05) is 31.2 Å². The van der Waals surface area contributed by atoms with Crippen molar-refractivity contribution < 1.29 is 13.9 Å². The van der Waals surface area contributed by atoms with Gasteiger partial charge in [0.1, 0.15) is 11.6 Å². The minimum absolute atomic E-state index is 0.0594. The average Bonchev–Trinajstić information content (AvgIpc) is 3.25. The van der Waals surface area contributed by atoms with Crippen LogP contribution < -0.4 is 15.5 Å². The van der Waals surface area contributed by atoms with Gasteiger partial charge in [-0.2, -0.15) is 5.10 Å². The Morgan fingerprint density at radius 1 is 1.35 bits per heavy atom. The summed E-state index contributed by atoms with van der Waals surface area (Å²) in [5.74, 6) is 1.78. The number of ether oxygens (including phenoxy) is 1. The SMILES string of the molecule is Cc1nn(C)c(N2CCOCC2)c1CNC(C)C(=O)NCc1ccco1. The quantitative estimate of drug-likeness (QED) is 0.764. The molecule has 1 amide bonds. The molecule has 2 N–H and O–H groups in total. The van der Waals surface area contributed by atoms with Crippen molar-refractivity contribution in [2.45, 2.75) is 33.0 Å². The number of furan rings is 1. The van der Waals surface area contributed by atoms with Gasteiger partial charge in [-0.15, -0.1) is 0 Å². The fourth-order valence-corrected chi connectivity index (χ4v) is 3.16. The number of aryl methyl sites for hydroxylation is 2. The van der Waals surface area contributed by atoms with Crippen LogP contribution in [0.3, 0.4) is 0 Å². The van der Waals surface area contributed by atoms with Gasteiger partial charge < -0.3 is 24.7 Å². The van der Waals surface area contributed by atoms with E-state index in [0.29, 0.717) is 13.1 Å². The number of morpholine rings is 1. The summed E-state index contributed by atoms with van der Waals surface area (Å²) < 4.78 is 12.6. The molecule has 1 atom stereocenters. The van der Waals surface area contributed by atoms with E-state index in [4.69, 9.17) is 9.15 Å². The lowest BCUT2D eigenvalue weighted by molar-refractivity contribution is -0.123. The highest BCUT2D eigenvalue weighted by atomic mass is 16.5. The van der Waals surface area contributed by atoms with Gasteiger partial charge in [0, 0.05) is 32.2 Å². The monoisotopic (exact) mass is 361 g/mol. The summed E-state index contributed by atoms with van der Waals surface area (Å²) in [6.07, 6.45) is 1.60. The van der Waals surface area contributed by atoms with Gasteiger partial charge in [-0.3, -0.25) is 9.48 Å². The number of anilines is 1. The number of hydrogen-bond acceptors (Lipinski definition) is 6. The molecule has 1 unspecified atom stereocenters. The van der Waals surface area contributed by atoms with Crippen molar-refractivity contribution in [3.63, 3.8) is 0 Å². The lowest BCUT2D eigenvalue weighted by atomic mass is 10.2. The molecule has 0 aliphatic carbocycles. The predicted molar refractivity (Wildman–Crippen MR) is 97.8 cm³/mol. The van der Waals surface area contributed by atoms with Crippen LogP contribution in [-0.4, -0.2) is 48.0 Å². The Morgan fingerprint density at radius 3 is 2.81 bits per heavy atom. The van der Waals surface area contributed by atoms with Crippen LogP contribution >= 0.6 is 0 Å². The molecule has 2 aromatic heterocycles. The molecular weight excluding hydrogens is 334 g/mol. The van der Waals surface area contributed by atoms with E-state index >= 15 is 0 Å². The minimum atomic E-state index is -0.317. The molecular formula is C18H27N5O3. The first kappa shape index (κ1) is 18.5. The second-order valence-corrected chi connectivity index (χ2v) is 6.51. The summed E-state index contributed by atoms with van der Waals surface area (Å²) in [4.78, 5) is 14.6. The molecule has 1 fully saturated rings. The molecule has 3 rings (SSSR count). The maximum Gasteiger partial charge on any atom is 0.237 e. The molecule has 0 saturated carbocycles. The van der Waals surface area contributed by atoms with Crippen LogP contribution in [0.1, 0.15) is 23.9 Å². The van der Waals surface area contributed by atoms with Crippen molar-refractivity contribution in [2.24, 2.45) is 7.05 Å². The van der Waals surface area contributed by atoms with E-state index < -0.39 is 0 Å². The number of aromatic nitrogens is 2. The molecule has 8 nitrogen and oxygen atoms in total. The van der Waals surface area contributed by atoms with Gasteiger partial charge in [0.2, 0.25) is 5.91 Å². The number of hydrogen-bond donors (Lipinski definition) is 2. The fourth-order valence-electron chi connectivity index (χ4n) is 3.16. The van der Waals surface area contributed by atoms with Crippen LogP contribution in [0.4, 0.5) is 5.82 Å². The van der Waals surface area contributed by atoms with Crippen LogP contribution in [-0.2, 0) is 29.7 Å². The molecule has 1 aliphatic heterocycles. The lowest BCUT2D eigenvalue weighted by Crippen LogP contribution is -2.42. The summed E-state index contributed by atoms with van der Waals surface area (Å²) in [5.41, 5.74) is 2.10. The summed E-state index contributed by atoms with van der Waals surface area (Å²) in [6, 6.07) is 3.33. The fraction of sp³-hybridized carbons (Fsp3) is 0.556. The van der Waals surface area contributed by atoms with Gasteiger partial charge in [0.15, 0.2) is 0 Å². The summed E-state index contributed by atoms with van der Waals surface area (Å²) in [6.45, 7) is 7.99. The number of amides is 1. The van der Waals surface area contributed by atoms with Crippen LogP contribution in [0, 0.1) is 6.92 Å². The third-order valence-corrected chi connectivity index (χ3v) is 4.62. The third kappa shape index (κ3) is 4.25. The van der Waals surface area contributed by atoms with Crippen LogP contribution in [0.2, 0.25) is 0 Å². The normalized spacial score (nSPS) is 15.9. The Labute approximate surface area is 153 Å². The summed E-state index contributed by atoms with van der Waals surface area (Å²) in [7, 11) is 1.96. The summed E-state index contributed by atoms with van der Waals surface area (Å²) >= 11 is 0. The van der Waals surface area contributed by atoms with Gasteiger partial charge in [-0.1, -0.05) is 0 Å². The predicted octanol–water partition coefficient (Wildman–Crippen LogP) is 0.953.